The summed E-state index contributed by atoms with van der Waals surface area (Å²) in [6, 6.07) is -0.616. The third kappa shape index (κ3) is 35.3. The van der Waals surface area contributed by atoms with Gasteiger partial charge in [-0.3, -0.25) is 9.59 Å². The molecule has 0 aliphatic heterocycles. The standard InChI is InChI=1S/C45H83NO7/c1-6-8-10-12-14-16-17-18-19-20-21-22-23-24-25-26-27-28-30-32-34-36-44(48)53-41(39-51-38-37-42(45(49)50)46(3,4)5)40-52-43(47)35-33-31-29-15-13-11-9-7-2/h22-23,29,31,41-42H,6-21,24-28,30,32-40H2,1-5H3/p+1/b23-22+,31-29+. The van der Waals surface area contributed by atoms with Crippen molar-refractivity contribution in [3.8, 4) is 0 Å². The Morgan fingerprint density at radius 2 is 0.981 bits per heavy atom. The summed E-state index contributed by atoms with van der Waals surface area (Å²) in [5.41, 5.74) is 0. The zero-order valence-electron chi connectivity index (χ0n) is 35.2. The molecule has 0 bridgehead atoms. The van der Waals surface area contributed by atoms with Gasteiger partial charge in [0.25, 0.3) is 0 Å². The summed E-state index contributed by atoms with van der Waals surface area (Å²) in [4.78, 5) is 36.8. The predicted octanol–water partition coefficient (Wildman–Crippen LogP) is 11.7. The van der Waals surface area contributed by atoms with Crippen LogP contribution in [0.1, 0.15) is 194 Å². The van der Waals surface area contributed by atoms with Crippen molar-refractivity contribution >= 4 is 17.9 Å². The molecular formula is C45H84NO7+. The number of nitrogens with zero attached hydrogens (tertiary/aromatic N) is 1. The molecule has 0 aromatic rings. The SMILES string of the molecule is CCCCCC/C=C/CCC(=O)OCC(COCCC(C(=O)O)[N+](C)(C)C)OC(=O)CCCCCCCCC/C=C/CCCCCCCCCCCC. The normalized spacial score (nSPS) is 13.2. The van der Waals surface area contributed by atoms with Crippen molar-refractivity contribution < 1.29 is 38.2 Å². The molecule has 0 aromatic carbocycles. The average Bonchev–Trinajstić information content (AvgIpc) is 3.11. The Hall–Kier alpha value is -2.19. The van der Waals surface area contributed by atoms with Gasteiger partial charge in [-0.15, -0.1) is 0 Å². The van der Waals surface area contributed by atoms with Crippen molar-refractivity contribution in [2.45, 2.75) is 206 Å². The summed E-state index contributed by atoms with van der Waals surface area (Å²) >= 11 is 0. The van der Waals surface area contributed by atoms with Crippen LogP contribution < -0.4 is 0 Å². The zero-order valence-corrected chi connectivity index (χ0v) is 35.2. The van der Waals surface area contributed by atoms with Crippen LogP contribution in [0.4, 0.5) is 0 Å². The summed E-state index contributed by atoms with van der Waals surface area (Å²) in [6.07, 6.45) is 39.6. The van der Waals surface area contributed by atoms with Crippen LogP contribution in [0.3, 0.4) is 0 Å². The number of esters is 2. The molecule has 53 heavy (non-hydrogen) atoms. The molecule has 0 aromatic heterocycles. The number of likely N-dealkylation sites (N-methyl/N-ethyl adjacent to an activating group) is 1. The Bertz CT molecular complexity index is 926. The highest BCUT2D eigenvalue weighted by atomic mass is 16.6. The van der Waals surface area contributed by atoms with Crippen LogP contribution in [0, 0.1) is 0 Å². The highest BCUT2D eigenvalue weighted by molar-refractivity contribution is 5.72. The van der Waals surface area contributed by atoms with Gasteiger partial charge in [0.15, 0.2) is 12.1 Å². The second-order valence-electron chi connectivity index (χ2n) is 15.9. The molecule has 2 unspecified atom stereocenters. The van der Waals surface area contributed by atoms with Gasteiger partial charge < -0.3 is 23.8 Å². The molecule has 0 radical (unpaired) electrons. The van der Waals surface area contributed by atoms with E-state index in [-0.39, 0.29) is 42.7 Å². The molecule has 0 fully saturated rings. The Labute approximate surface area is 326 Å². The van der Waals surface area contributed by atoms with Crippen LogP contribution in [0.25, 0.3) is 0 Å². The van der Waals surface area contributed by atoms with Gasteiger partial charge in [-0.1, -0.05) is 147 Å². The van der Waals surface area contributed by atoms with Gasteiger partial charge >= 0.3 is 17.9 Å². The van der Waals surface area contributed by atoms with E-state index in [9.17, 15) is 19.5 Å². The molecule has 0 rings (SSSR count). The summed E-state index contributed by atoms with van der Waals surface area (Å²) in [6.45, 7) is 4.65. The van der Waals surface area contributed by atoms with E-state index in [1.54, 1.807) is 0 Å². The first kappa shape index (κ1) is 50.8. The van der Waals surface area contributed by atoms with Crippen molar-refractivity contribution in [2.75, 3.05) is 41.0 Å². The second-order valence-corrected chi connectivity index (χ2v) is 15.9. The van der Waals surface area contributed by atoms with E-state index in [1.807, 2.05) is 27.2 Å². The van der Waals surface area contributed by atoms with E-state index < -0.39 is 18.1 Å². The molecule has 0 saturated heterocycles. The maximum Gasteiger partial charge on any atom is 0.362 e. The largest absolute Gasteiger partial charge is 0.477 e. The summed E-state index contributed by atoms with van der Waals surface area (Å²) in [5, 5.41) is 9.59. The van der Waals surface area contributed by atoms with Crippen LogP contribution >= 0.6 is 0 Å². The molecule has 0 saturated carbocycles. The van der Waals surface area contributed by atoms with Gasteiger partial charge in [-0.2, -0.15) is 0 Å². The molecule has 2 atom stereocenters. The molecule has 1 N–H and O–H groups in total. The van der Waals surface area contributed by atoms with E-state index in [0.29, 0.717) is 19.3 Å². The number of hydrogen-bond acceptors (Lipinski definition) is 6. The van der Waals surface area contributed by atoms with E-state index in [2.05, 4.69) is 32.1 Å². The first-order valence-corrected chi connectivity index (χ1v) is 21.9. The van der Waals surface area contributed by atoms with E-state index in [4.69, 9.17) is 14.2 Å². The molecule has 0 aliphatic rings. The summed E-state index contributed by atoms with van der Waals surface area (Å²) in [5.74, 6) is -1.53. The average molecular weight is 751 g/mol. The van der Waals surface area contributed by atoms with Crippen molar-refractivity contribution in [2.24, 2.45) is 0 Å². The zero-order chi connectivity index (χ0) is 39.3. The van der Waals surface area contributed by atoms with Crippen molar-refractivity contribution in [3.63, 3.8) is 0 Å². The van der Waals surface area contributed by atoms with Gasteiger partial charge in [0.1, 0.15) is 6.61 Å². The van der Waals surface area contributed by atoms with Gasteiger partial charge in [0, 0.05) is 19.3 Å². The number of allylic oxidation sites excluding steroid dienone is 4. The fourth-order valence-electron chi connectivity index (χ4n) is 6.40. The first-order valence-electron chi connectivity index (χ1n) is 21.9. The quantitative estimate of drug-likeness (QED) is 0.0289. The minimum absolute atomic E-state index is 0.0503. The van der Waals surface area contributed by atoms with E-state index in [0.717, 1.165) is 25.7 Å². The van der Waals surface area contributed by atoms with Crippen LogP contribution in [0.15, 0.2) is 24.3 Å². The fraction of sp³-hybridized carbons (Fsp3) is 0.844. The third-order valence-electron chi connectivity index (χ3n) is 9.84. The Kier molecular flexibility index (Phi) is 35.2. The number of carboxylic acid groups (broad SMARTS) is 1. The Morgan fingerprint density at radius 3 is 1.45 bits per heavy atom. The minimum Gasteiger partial charge on any atom is -0.477 e. The summed E-state index contributed by atoms with van der Waals surface area (Å²) < 4.78 is 17.2. The highest BCUT2D eigenvalue weighted by Crippen LogP contribution is 2.14. The Morgan fingerprint density at radius 1 is 0.547 bits per heavy atom. The lowest BCUT2D eigenvalue weighted by Gasteiger charge is -2.31. The predicted molar refractivity (Wildman–Crippen MR) is 220 cm³/mol. The van der Waals surface area contributed by atoms with Crippen LogP contribution in [0.2, 0.25) is 0 Å². The smallest absolute Gasteiger partial charge is 0.362 e. The minimum atomic E-state index is -0.879. The molecule has 310 valence electrons. The number of quaternary nitrogens is 1. The monoisotopic (exact) mass is 751 g/mol. The lowest BCUT2D eigenvalue weighted by atomic mass is 10.1. The van der Waals surface area contributed by atoms with E-state index in [1.165, 1.54) is 128 Å². The number of carboxylic acids is 1. The molecular weight excluding hydrogens is 666 g/mol. The van der Waals surface area contributed by atoms with E-state index >= 15 is 0 Å². The van der Waals surface area contributed by atoms with Gasteiger partial charge in [0.2, 0.25) is 0 Å². The lowest BCUT2D eigenvalue weighted by Crippen LogP contribution is -2.50. The van der Waals surface area contributed by atoms with Crippen molar-refractivity contribution in [1.82, 2.24) is 0 Å². The molecule has 0 spiro atoms. The van der Waals surface area contributed by atoms with Gasteiger partial charge in [0.05, 0.1) is 34.4 Å². The molecule has 0 aliphatic carbocycles. The maximum absolute atomic E-state index is 12.7. The third-order valence-corrected chi connectivity index (χ3v) is 9.84. The van der Waals surface area contributed by atoms with Crippen LogP contribution in [-0.4, -0.2) is 80.6 Å². The summed E-state index contributed by atoms with van der Waals surface area (Å²) in [7, 11) is 5.51. The fourth-order valence-corrected chi connectivity index (χ4v) is 6.40. The second kappa shape index (κ2) is 36.8. The molecule has 0 amide bonds. The topological polar surface area (TPSA) is 99.1 Å². The maximum atomic E-state index is 12.7. The number of ether oxygens (including phenoxy) is 3. The van der Waals surface area contributed by atoms with Crippen molar-refractivity contribution in [1.29, 1.82) is 0 Å². The lowest BCUT2D eigenvalue weighted by molar-refractivity contribution is -0.887. The molecule has 8 nitrogen and oxygen atoms in total. The highest BCUT2D eigenvalue weighted by Gasteiger charge is 2.31. The number of carbonyl (C=O) groups is 3. The van der Waals surface area contributed by atoms with Crippen LogP contribution in [0.5, 0.6) is 0 Å². The number of hydrogen-bond donors (Lipinski definition) is 1. The molecule has 0 heterocycles. The van der Waals surface area contributed by atoms with Crippen molar-refractivity contribution in [3.05, 3.63) is 24.3 Å². The first-order chi connectivity index (χ1) is 25.6. The number of carbonyl (C=O) groups excluding carboxylic acids is 2. The van der Waals surface area contributed by atoms with Gasteiger partial charge in [-0.05, 0) is 51.4 Å². The number of rotatable bonds is 39. The van der Waals surface area contributed by atoms with Crippen LogP contribution in [-0.2, 0) is 28.6 Å². The Balaban J connectivity index is 4.23. The number of aliphatic carboxylic acids is 1. The molecule has 8 heteroatoms. The van der Waals surface area contributed by atoms with Gasteiger partial charge in [-0.25, -0.2) is 4.79 Å². The number of unbranched alkanes of at least 4 members (excludes halogenated alkanes) is 21.